The van der Waals surface area contributed by atoms with Gasteiger partial charge in [0.2, 0.25) is 0 Å². The van der Waals surface area contributed by atoms with E-state index in [1.54, 1.807) is 0 Å². The van der Waals surface area contributed by atoms with Gasteiger partial charge in [-0.2, -0.15) is 0 Å². The molecule has 1 fully saturated rings. The molecule has 1 aliphatic heterocycles. The van der Waals surface area contributed by atoms with Crippen LogP contribution in [0.15, 0.2) is 12.2 Å². The third kappa shape index (κ3) is 8.06. The second kappa shape index (κ2) is 11.3. The lowest BCUT2D eigenvalue weighted by molar-refractivity contribution is -0.0309. The first-order valence-corrected chi connectivity index (χ1v) is 8.72. The van der Waals surface area contributed by atoms with Crippen LogP contribution in [0.4, 0.5) is 0 Å². The van der Waals surface area contributed by atoms with Crippen molar-refractivity contribution in [1.29, 1.82) is 0 Å². The van der Waals surface area contributed by atoms with Crippen molar-refractivity contribution >= 4 is 0 Å². The van der Waals surface area contributed by atoms with E-state index in [4.69, 9.17) is 4.74 Å². The van der Waals surface area contributed by atoms with Crippen molar-refractivity contribution in [1.82, 2.24) is 0 Å². The van der Waals surface area contributed by atoms with Crippen LogP contribution in [0, 0.1) is 0 Å². The van der Waals surface area contributed by atoms with Crippen molar-refractivity contribution < 1.29 is 9.84 Å². The summed E-state index contributed by atoms with van der Waals surface area (Å²) in [5.74, 6) is 0. The summed E-state index contributed by atoms with van der Waals surface area (Å²) in [4.78, 5) is 0. The summed E-state index contributed by atoms with van der Waals surface area (Å²) in [7, 11) is 0. The summed E-state index contributed by atoms with van der Waals surface area (Å²) in [5, 5.41) is 10.0. The second-order valence-corrected chi connectivity index (χ2v) is 6.24. The fourth-order valence-electron chi connectivity index (χ4n) is 2.85. The zero-order chi connectivity index (χ0) is 14.6. The van der Waals surface area contributed by atoms with Crippen molar-refractivity contribution in [2.24, 2.45) is 0 Å². The number of aliphatic hydroxyl groups is 1. The van der Waals surface area contributed by atoms with E-state index in [-0.39, 0.29) is 12.2 Å². The number of unbranched alkanes of at least 4 members (excludes halogenated alkanes) is 6. The van der Waals surface area contributed by atoms with Crippen molar-refractivity contribution in [3.63, 3.8) is 0 Å². The molecule has 1 rings (SSSR count). The lowest BCUT2D eigenvalue weighted by atomic mass is 10.0. The van der Waals surface area contributed by atoms with Gasteiger partial charge < -0.3 is 9.84 Å². The standard InChI is InChI=1S/C18H34O2/c1-3-4-5-6-7-8-9-10-11-12-13-17(19)18-15-14-16(2)20-18/h10-11,16-19H,3-9,12-15H2,1-2H3/t16-,17+,18+/m1/s1. The second-order valence-electron chi connectivity index (χ2n) is 6.24. The maximum atomic E-state index is 10.0. The average molecular weight is 282 g/mol. The molecule has 118 valence electrons. The van der Waals surface area contributed by atoms with Gasteiger partial charge in [0, 0.05) is 0 Å². The fraction of sp³-hybridized carbons (Fsp3) is 0.889. The molecule has 0 amide bonds. The van der Waals surface area contributed by atoms with Crippen molar-refractivity contribution in [3.05, 3.63) is 12.2 Å². The number of hydrogen-bond acceptors (Lipinski definition) is 2. The predicted molar refractivity (Wildman–Crippen MR) is 85.9 cm³/mol. The predicted octanol–water partition coefficient (Wildman–Crippen LogP) is 5.00. The highest BCUT2D eigenvalue weighted by atomic mass is 16.5. The molecular weight excluding hydrogens is 248 g/mol. The highest BCUT2D eigenvalue weighted by Gasteiger charge is 2.27. The van der Waals surface area contributed by atoms with Crippen LogP contribution in [-0.4, -0.2) is 23.4 Å². The minimum absolute atomic E-state index is 0.0805. The van der Waals surface area contributed by atoms with Crippen molar-refractivity contribution in [2.45, 2.75) is 103 Å². The van der Waals surface area contributed by atoms with E-state index in [0.29, 0.717) is 6.10 Å². The first kappa shape index (κ1) is 17.7. The van der Waals surface area contributed by atoms with E-state index in [1.165, 1.54) is 44.9 Å². The molecule has 3 atom stereocenters. The number of aliphatic hydroxyl groups excluding tert-OH is 1. The Labute approximate surface area is 125 Å². The summed E-state index contributed by atoms with van der Waals surface area (Å²) in [6.45, 7) is 4.35. The van der Waals surface area contributed by atoms with Gasteiger partial charge in [-0.3, -0.25) is 0 Å². The Hall–Kier alpha value is -0.340. The van der Waals surface area contributed by atoms with Gasteiger partial charge in [-0.25, -0.2) is 0 Å². The molecule has 1 N–H and O–H groups in total. The molecule has 2 nitrogen and oxygen atoms in total. The van der Waals surface area contributed by atoms with Gasteiger partial charge in [-0.1, -0.05) is 51.2 Å². The minimum atomic E-state index is -0.279. The van der Waals surface area contributed by atoms with Crippen LogP contribution in [0.2, 0.25) is 0 Å². The van der Waals surface area contributed by atoms with Crippen LogP contribution in [0.5, 0.6) is 0 Å². The summed E-state index contributed by atoms with van der Waals surface area (Å²) in [6, 6.07) is 0. The smallest absolute Gasteiger partial charge is 0.0838 e. The Balaban J connectivity index is 1.91. The summed E-state index contributed by atoms with van der Waals surface area (Å²) < 4.78 is 5.69. The molecule has 2 heteroatoms. The Morgan fingerprint density at radius 2 is 1.75 bits per heavy atom. The maximum Gasteiger partial charge on any atom is 0.0838 e. The Kier molecular flexibility index (Phi) is 10.0. The van der Waals surface area contributed by atoms with Crippen LogP contribution in [0.25, 0.3) is 0 Å². The fourth-order valence-corrected chi connectivity index (χ4v) is 2.85. The first-order valence-electron chi connectivity index (χ1n) is 8.72. The first-order chi connectivity index (χ1) is 9.74. The molecule has 1 heterocycles. The number of rotatable bonds is 11. The van der Waals surface area contributed by atoms with E-state index in [9.17, 15) is 5.11 Å². The van der Waals surface area contributed by atoms with Gasteiger partial charge in [0.15, 0.2) is 0 Å². The molecule has 0 saturated carbocycles. The van der Waals surface area contributed by atoms with Crippen LogP contribution in [-0.2, 0) is 4.74 Å². The molecule has 1 aliphatic rings. The SMILES string of the molecule is CCCCCCCCC=CCC[C@H](O)[C@@H]1CC[C@@H](C)O1. The van der Waals surface area contributed by atoms with E-state index in [1.807, 2.05) is 0 Å². The topological polar surface area (TPSA) is 29.5 Å². The summed E-state index contributed by atoms with van der Waals surface area (Å²) >= 11 is 0. The molecule has 0 bridgehead atoms. The van der Waals surface area contributed by atoms with Crippen molar-refractivity contribution in [3.8, 4) is 0 Å². The van der Waals surface area contributed by atoms with E-state index in [2.05, 4.69) is 26.0 Å². The minimum Gasteiger partial charge on any atom is -0.390 e. The third-order valence-corrected chi connectivity index (χ3v) is 4.21. The van der Waals surface area contributed by atoms with Gasteiger partial charge in [0.05, 0.1) is 18.3 Å². The molecule has 0 aromatic rings. The molecule has 0 aromatic carbocycles. The highest BCUT2D eigenvalue weighted by Crippen LogP contribution is 2.23. The third-order valence-electron chi connectivity index (χ3n) is 4.21. The summed E-state index contributed by atoms with van der Waals surface area (Å²) in [6.07, 6.45) is 17.9. The molecule has 0 aliphatic carbocycles. The van der Waals surface area contributed by atoms with Gasteiger partial charge in [-0.15, -0.1) is 0 Å². The lowest BCUT2D eigenvalue weighted by Gasteiger charge is -2.17. The molecule has 0 radical (unpaired) electrons. The number of allylic oxidation sites excluding steroid dienone is 2. The lowest BCUT2D eigenvalue weighted by Crippen LogP contribution is -2.25. The molecule has 20 heavy (non-hydrogen) atoms. The molecule has 0 spiro atoms. The summed E-state index contributed by atoms with van der Waals surface area (Å²) in [5.41, 5.74) is 0. The van der Waals surface area contributed by atoms with Gasteiger partial charge in [0.25, 0.3) is 0 Å². The quantitative estimate of drug-likeness (QED) is 0.427. The zero-order valence-corrected chi connectivity index (χ0v) is 13.5. The zero-order valence-electron chi connectivity index (χ0n) is 13.5. The van der Waals surface area contributed by atoms with E-state index < -0.39 is 0 Å². The Morgan fingerprint density at radius 3 is 2.45 bits per heavy atom. The van der Waals surface area contributed by atoms with Gasteiger partial charge in [0.1, 0.15) is 0 Å². The molecule has 0 unspecified atom stereocenters. The van der Waals surface area contributed by atoms with Gasteiger partial charge in [-0.05, 0) is 45.4 Å². The van der Waals surface area contributed by atoms with E-state index in [0.717, 1.165) is 25.7 Å². The molecular formula is C18H34O2. The maximum absolute atomic E-state index is 10.0. The largest absolute Gasteiger partial charge is 0.390 e. The Bertz CT molecular complexity index is 250. The van der Waals surface area contributed by atoms with Crippen LogP contribution in [0.3, 0.4) is 0 Å². The van der Waals surface area contributed by atoms with Crippen LogP contribution < -0.4 is 0 Å². The van der Waals surface area contributed by atoms with Gasteiger partial charge >= 0.3 is 0 Å². The highest BCUT2D eigenvalue weighted by molar-refractivity contribution is 4.85. The van der Waals surface area contributed by atoms with E-state index >= 15 is 0 Å². The Morgan fingerprint density at radius 1 is 1.05 bits per heavy atom. The normalized spacial score (nSPS) is 24.6. The molecule has 1 saturated heterocycles. The number of ether oxygens (including phenoxy) is 1. The average Bonchev–Trinajstić information content (AvgIpc) is 2.87. The number of hydrogen-bond donors (Lipinski definition) is 1. The molecule has 0 aromatic heterocycles. The van der Waals surface area contributed by atoms with Crippen molar-refractivity contribution in [2.75, 3.05) is 0 Å². The van der Waals surface area contributed by atoms with Crippen LogP contribution >= 0.6 is 0 Å². The van der Waals surface area contributed by atoms with Crippen LogP contribution in [0.1, 0.15) is 84.5 Å². The monoisotopic (exact) mass is 282 g/mol.